The number of nitrogens with zero attached hydrogens (tertiary/aromatic N) is 1. The fourth-order valence-corrected chi connectivity index (χ4v) is 1.38. The van der Waals surface area contributed by atoms with Crippen molar-refractivity contribution in [3.63, 3.8) is 0 Å². The molecule has 0 amide bonds. The van der Waals surface area contributed by atoms with Crippen LogP contribution in [0.3, 0.4) is 0 Å². The number of hydrogen-bond acceptors (Lipinski definition) is 3. The molecule has 0 aliphatic rings. The van der Waals surface area contributed by atoms with Gasteiger partial charge in [-0.2, -0.15) is 5.26 Å². The van der Waals surface area contributed by atoms with E-state index in [0.29, 0.717) is 12.2 Å². The van der Waals surface area contributed by atoms with Crippen molar-refractivity contribution in [2.45, 2.75) is 32.5 Å². The highest BCUT2D eigenvalue weighted by Gasteiger charge is 2.16. The molecule has 0 saturated carbocycles. The number of methoxy groups -OCH3 is 1. The summed E-state index contributed by atoms with van der Waals surface area (Å²) in [5, 5.41) is 8.71. The summed E-state index contributed by atoms with van der Waals surface area (Å²) in [6, 6.07) is 6.53. The van der Waals surface area contributed by atoms with Crippen LogP contribution in [0.15, 0.2) is 18.2 Å². The van der Waals surface area contributed by atoms with E-state index in [4.69, 9.17) is 14.7 Å². The van der Waals surface area contributed by atoms with Crippen LogP contribution in [-0.4, -0.2) is 19.3 Å². The lowest BCUT2D eigenvalue weighted by atomic mass is 10.1. The zero-order valence-corrected chi connectivity index (χ0v) is 11.0. The Labute approximate surface area is 107 Å². The average molecular weight is 251 g/mol. The molecule has 1 rings (SSSR count). The van der Waals surface area contributed by atoms with Crippen molar-refractivity contribution in [1.82, 2.24) is 0 Å². The van der Waals surface area contributed by atoms with Gasteiger partial charge >= 0.3 is 0 Å². The van der Waals surface area contributed by atoms with Crippen LogP contribution in [0.5, 0.6) is 0 Å². The zero-order valence-electron chi connectivity index (χ0n) is 11.0. The first-order chi connectivity index (χ1) is 8.50. The normalized spacial score (nSPS) is 11.3. The summed E-state index contributed by atoms with van der Waals surface area (Å²) in [6.45, 7) is 4.58. The topological polar surface area (TPSA) is 42.2 Å². The van der Waals surface area contributed by atoms with E-state index in [-0.39, 0.29) is 17.8 Å². The van der Waals surface area contributed by atoms with Gasteiger partial charge in [0.1, 0.15) is 11.9 Å². The van der Waals surface area contributed by atoms with Gasteiger partial charge in [-0.3, -0.25) is 0 Å². The van der Waals surface area contributed by atoms with Crippen LogP contribution < -0.4 is 0 Å². The van der Waals surface area contributed by atoms with Crippen molar-refractivity contribution in [3.05, 3.63) is 35.1 Å². The van der Waals surface area contributed by atoms with E-state index in [0.717, 1.165) is 6.42 Å². The lowest BCUT2D eigenvalue weighted by Gasteiger charge is -2.22. The van der Waals surface area contributed by atoms with E-state index in [9.17, 15) is 4.39 Å². The van der Waals surface area contributed by atoms with Crippen LogP contribution in [0.25, 0.3) is 0 Å². The van der Waals surface area contributed by atoms with Crippen LogP contribution >= 0.6 is 0 Å². The van der Waals surface area contributed by atoms with E-state index in [1.54, 1.807) is 19.2 Å². The molecule has 98 valence electrons. The minimum Gasteiger partial charge on any atom is -0.379 e. The zero-order chi connectivity index (χ0) is 13.6. The first kappa shape index (κ1) is 14.6. The summed E-state index contributed by atoms with van der Waals surface area (Å²) in [7, 11) is 1.65. The number of benzene rings is 1. The minimum atomic E-state index is -0.494. The molecule has 0 atom stereocenters. The van der Waals surface area contributed by atoms with Gasteiger partial charge in [-0.1, -0.05) is 12.1 Å². The lowest BCUT2D eigenvalue weighted by molar-refractivity contribution is -0.0127. The smallest absolute Gasteiger partial charge is 0.146 e. The molecule has 1 aromatic rings. The van der Waals surface area contributed by atoms with E-state index >= 15 is 0 Å². The Kier molecular flexibility index (Phi) is 5.26. The van der Waals surface area contributed by atoms with Crippen LogP contribution in [0.1, 0.15) is 31.4 Å². The monoisotopic (exact) mass is 251 g/mol. The molecule has 0 aliphatic heterocycles. The molecule has 0 N–H and O–H groups in total. The number of ether oxygens (including phenoxy) is 2. The molecule has 18 heavy (non-hydrogen) atoms. The fraction of sp³-hybridized carbons (Fsp3) is 0.500. The average Bonchev–Trinajstić information content (AvgIpc) is 2.36. The molecule has 0 aliphatic carbocycles. The molecule has 0 fully saturated rings. The molecular weight excluding hydrogens is 233 g/mol. The first-order valence-corrected chi connectivity index (χ1v) is 5.80. The Balaban J connectivity index is 2.48. The largest absolute Gasteiger partial charge is 0.379 e. The molecular formula is C14H18FNO2. The Morgan fingerprint density at radius 3 is 2.72 bits per heavy atom. The Hall–Kier alpha value is -1.44. The Morgan fingerprint density at radius 1 is 1.39 bits per heavy atom. The summed E-state index contributed by atoms with van der Waals surface area (Å²) in [6.07, 6.45) is 0.725. The third kappa shape index (κ3) is 4.10. The molecule has 4 heteroatoms. The van der Waals surface area contributed by atoms with Crippen molar-refractivity contribution in [2.75, 3.05) is 13.7 Å². The molecule has 3 nitrogen and oxygen atoms in total. The molecule has 0 saturated heterocycles. The van der Waals surface area contributed by atoms with Gasteiger partial charge in [0.2, 0.25) is 0 Å². The highest BCUT2D eigenvalue weighted by molar-refractivity contribution is 5.34. The highest BCUT2D eigenvalue weighted by atomic mass is 19.1. The van der Waals surface area contributed by atoms with Gasteiger partial charge in [0.05, 0.1) is 17.8 Å². The molecule has 1 aromatic carbocycles. The predicted octanol–water partition coefficient (Wildman–Crippen LogP) is 3.03. The van der Waals surface area contributed by atoms with Crippen LogP contribution in [0, 0.1) is 17.1 Å². The SMILES string of the molecule is COC(C)(C)CCOCc1cccc(C#N)c1F. The van der Waals surface area contributed by atoms with E-state index in [1.165, 1.54) is 6.07 Å². The summed E-state index contributed by atoms with van der Waals surface area (Å²) < 4.78 is 24.3. The van der Waals surface area contributed by atoms with Crippen molar-refractivity contribution in [1.29, 1.82) is 5.26 Å². The van der Waals surface area contributed by atoms with E-state index in [2.05, 4.69) is 0 Å². The quantitative estimate of drug-likeness (QED) is 0.730. The van der Waals surface area contributed by atoms with Gasteiger partial charge in [-0.15, -0.1) is 0 Å². The van der Waals surface area contributed by atoms with Gasteiger partial charge in [0, 0.05) is 19.3 Å². The lowest BCUT2D eigenvalue weighted by Crippen LogP contribution is -2.24. The second-order valence-corrected chi connectivity index (χ2v) is 4.66. The predicted molar refractivity (Wildman–Crippen MR) is 66.5 cm³/mol. The van der Waals surface area contributed by atoms with Crippen molar-refractivity contribution < 1.29 is 13.9 Å². The van der Waals surface area contributed by atoms with Crippen LogP contribution in [0.4, 0.5) is 4.39 Å². The Bertz CT molecular complexity index is 438. The Morgan fingerprint density at radius 2 is 2.11 bits per heavy atom. The number of halogens is 1. The standard InChI is InChI=1S/C14H18FNO2/c1-14(2,17-3)7-8-18-10-12-6-4-5-11(9-16)13(12)15/h4-6H,7-8,10H2,1-3H3. The van der Waals surface area contributed by atoms with Gasteiger partial charge in [0.25, 0.3) is 0 Å². The van der Waals surface area contributed by atoms with Crippen LogP contribution in [0.2, 0.25) is 0 Å². The third-order valence-electron chi connectivity index (χ3n) is 2.86. The summed E-state index contributed by atoms with van der Waals surface area (Å²) in [5.41, 5.74) is 0.213. The molecule has 0 bridgehead atoms. The molecule has 0 unspecified atom stereocenters. The number of rotatable bonds is 6. The van der Waals surface area contributed by atoms with Gasteiger partial charge in [-0.25, -0.2) is 4.39 Å². The van der Waals surface area contributed by atoms with E-state index in [1.807, 2.05) is 19.9 Å². The maximum absolute atomic E-state index is 13.7. The fourth-order valence-electron chi connectivity index (χ4n) is 1.38. The van der Waals surface area contributed by atoms with Crippen molar-refractivity contribution in [3.8, 4) is 6.07 Å². The van der Waals surface area contributed by atoms with Crippen LogP contribution in [-0.2, 0) is 16.1 Å². The third-order valence-corrected chi connectivity index (χ3v) is 2.86. The maximum Gasteiger partial charge on any atom is 0.146 e. The summed E-state index contributed by atoms with van der Waals surface area (Å²) in [4.78, 5) is 0. The number of hydrogen-bond donors (Lipinski definition) is 0. The van der Waals surface area contributed by atoms with Gasteiger partial charge < -0.3 is 9.47 Å². The van der Waals surface area contributed by atoms with Crippen molar-refractivity contribution in [2.24, 2.45) is 0 Å². The van der Waals surface area contributed by atoms with Crippen molar-refractivity contribution >= 4 is 0 Å². The van der Waals surface area contributed by atoms with Gasteiger partial charge in [0.15, 0.2) is 0 Å². The van der Waals surface area contributed by atoms with E-state index < -0.39 is 5.82 Å². The molecule has 0 aromatic heterocycles. The van der Waals surface area contributed by atoms with Gasteiger partial charge in [-0.05, 0) is 26.3 Å². The highest BCUT2D eigenvalue weighted by Crippen LogP contribution is 2.15. The number of nitriles is 1. The molecule has 0 heterocycles. The summed E-state index contributed by atoms with van der Waals surface area (Å²) >= 11 is 0. The molecule has 0 radical (unpaired) electrons. The molecule has 0 spiro atoms. The second-order valence-electron chi connectivity index (χ2n) is 4.66. The minimum absolute atomic E-state index is 0.0494. The second kappa shape index (κ2) is 6.48. The maximum atomic E-state index is 13.7. The first-order valence-electron chi connectivity index (χ1n) is 5.80. The summed E-state index contributed by atoms with van der Waals surface area (Å²) in [5.74, 6) is -0.494.